The summed E-state index contributed by atoms with van der Waals surface area (Å²) < 4.78 is 23.6. The lowest BCUT2D eigenvalue weighted by Gasteiger charge is -2.64. The smallest absolute Gasteiger partial charge is 0.306 e. The van der Waals surface area contributed by atoms with Gasteiger partial charge in [0.25, 0.3) is 0 Å². The summed E-state index contributed by atoms with van der Waals surface area (Å²) in [6, 6.07) is 0. The third-order valence-corrected chi connectivity index (χ3v) is 11.6. The number of carbonyl (C=O) groups is 4. The Balaban J connectivity index is 1.65. The van der Waals surface area contributed by atoms with Gasteiger partial charge >= 0.3 is 23.9 Å². The van der Waals surface area contributed by atoms with E-state index in [1.54, 1.807) is 0 Å². The standard InChI is InChI=1S/C34H54O8/c1-19(10-13-30(38)42-32(5,6)7)25-11-12-26-31-27(18-29(34(25,26)9)41-22(4)37)33(8)15-14-24(39-20(2)35)16-23(33)17-28(31)40-21(3)36/h19,23-29,31H,10-18H2,1-9H3. The third-order valence-electron chi connectivity index (χ3n) is 11.6. The van der Waals surface area contributed by atoms with E-state index in [9.17, 15) is 19.2 Å². The highest BCUT2D eigenvalue weighted by atomic mass is 16.6. The predicted octanol–water partition coefficient (Wildman–Crippen LogP) is 6.42. The molecule has 4 aliphatic carbocycles. The van der Waals surface area contributed by atoms with Gasteiger partial charge in [0.05, 0.1) is 0 Å². The fourth-order valence-corrected chi connectivity index (χ4v) is 10.1. The van der Waals surface area contributed by atoms with Gasteiger partial charge in [-0.05, 0) is 107 Å². The Morgan fingerprint density at radius 3 is 2.07 bits per heavy atom. The Kier molecular flexibility index (Phi) is 9.45. The first-order valence-electron chi connectivity index (χ1n) is 16.2. The van der Waals surface area contributed by atoms with Crippen LogP contribution in [0.4, 0.5) is 0 Å². The van der Waals surface area contributed by atoms with Crippen molar-refractivity contribution in [3.05, 3.63) is 0 Å². The molecule has 0 saturated heterocycles. The lowest BCUT2D eigenvalue weighted by molar-refractivity contribution is -0.224. The van der Waals surface area contributed by atoms with Crippen LogP contribution in [0.25, 0.3) is 0 Å². The van der Waals surface area contributed by atoms with Gasteiger partial charge in [-0.2, -0.15) is 0 Å². The molecule has 42 heavy (non-hydrogen) atoms. The summed E-state index contributed by atoms with van der Waals surface area (Å²) in [6.07, 6.45) is 6.45. The maximum atomic E-state index is 12.6. The molecule has 0 heterocycles. The summed E-state index contributed by atoms with van der Waals surface area (Å²) in [5.41, 5.74) is -0.837. The average Bonchev–Trinajstić information content (AvgIpc) is 3.20. The molecule has 4 saturated carbocycles. The second-order valence-corrected chi connectivity index (χ2v) is 15.4. The minimum atomic E-state index is -0.512. The number of hydrogen-bond donors (Lipinski definition) is 0. The van der Waals surface area contributed by atoms with Gasteiger partial charge in [0.2, 0.25) is 0 Å². The van der Waals surface area contributed by atoms with Gasteiger partial charge in [0.15, 0.2) is 0 Å². The van der Waals surface area contributed by atoms with E-state index in [-0.39, 0.29) is 88.5 Å². The molecular weight excluding hydrogens is 536 g/mol. The van der Waals surface area contributed by atoms with Gasteiger partial charge < -0.3 is 18.9 Å². The van der Waals surface area contributed by atoms with E-state index in [0.717, 1.165) is 44.9 Å². The summed E-state index contributed by atoms with van der Waals surface area (Å²) in [5, 5.41) is 0. The fraction of sp³-hybridized carbons (Fsp3) is 0.882. The van der Waals surface area contributed by atoms with Crippen molar-refractivity contribution in [3.8, 4) is 0 Å². The molecule has 0 aromatic carbocycles. The van der Waals surface area contributed by atoms with Crippen molar-refractivity contribution < 1.29 is 38.1 Å². The normalized spacial score (nSPS) is 40.0. The van der Waals surface area contributed by atoms with E-state index >= 15 is 0 Å². The van der Waals surface area contributed by atoms with Gasteiger partial charge in [-0.3, -0.25) is 19.2 Å². The Morgan fingerprint density at radius 2 is 1.48 bits per heavy atom. The molecule has 8 heteroatoms. The molecule has 4 aliphatic rings. The van der Waals surface area contributed by atoms with Crippen LogP contribution in [0.3, 0.4) is 0 Å². The van der Waals surface area contributed by atoms with E-state index < -0.39 is 5.60 Å². The zero-order valence-electron chi connectivity index (χ0n) is 27.3. The molecule has 0 aliphatic heterocycles. The molecule has 11 atom stereocenters. The van der Waals surface area contributed by atoms with Crippen LogP contribution in [-0.2, 0) is 38.1 Å². The van der Waals surface area contributed by atoms with Crippen LogP contribution in [0.1, 0.15) is 120 Å². The van der Waals surface area contributed by atoms with Crippen LogP contribution in [-0.4, -0.2) is 47.8 Å². The SMILES string of the molecule is CC(=O)OC1CCC2(C)C(C1)CC(OC(C)=O)C1C2CC(OC(C)=O)C2(C)C(C(C)CCC(=O)OC(C)(C)C)CCC12. The van der Waals surface area contributed by atoms with Gasteiger partial charge in [-0.25, -0.2) is 0 Å². The quantitative estimate of drug-likeness (QED) is 0.247. The molecule has 11 unspecified atom stereocenters. The zero-order chi connectivity index (χ0) is 31.2. The predicted molar refractivity (Wildman–Crippen MR) is 157 cm³/mol. The second-order valence-electron chi connectivity index (χ2n) is 15.4. The molecule has 8 nitrogen and oxygen atoms in total. The number of rotatable bonds is 7. The van der Waals surface area contributed by atoms with Crippen LogP contribution in [0, 0.1) is 46.3 Å². The van der Waals surface area contributed by atoms with Gasteiger partial charge in [0, 0.05) is 38.5 Å². The molecule has 0 spiro atoms. The summed E-state index contributed by atoms with van der Waals surface area (Å²) in [4.78, 5) is 49.3. The highest BCUT2D eigenvalue weighted by Gasteiger charge is 2.67. The van der Waals surface area contributed by atoms with Crippen LogP contribution < -0.4 is 0 Å². The van der Waals surface area contributed by atoms with Gasteiger partial charge in [-0.15, -0.1) is 0 Å². The Hall–Kier alpha value is -2.12. The second kappa shape index (κ2) is 12.1. The van der Waals surface area contributed by atoms with Crippen molar-refractivity contribution in [1.29, 1.82) is 0 Å². The van der Waals surface area contributed by atoms with Gasteiger partial charge in [-0.1, -0.05) is 20.8 Å². The van der Waals surface area contributed by atoms with E-state index in [1.807, 2.05) is 20.8 Å². The molecule has 0 N–H and O–H groups in total. The molecule has 238 valence electrons. The van der Waals surface area contributed by atoms with Crippen LogP contribution in [0.2, 0.25) is 0 Å². The Bertz CT molecular complexity index is 1050. The van der Waals surface area contributed by atoms with Crippen LogP contribution in [0.5, 0.6) is 0 Å². The number of esters is 4. The molecule has 0 radical (unpaired) electrons. The van der Waals surface area contributed by atoms with Gasteiger partial charge in [0.1, 0.15) is 23.9 Å². The molecule has 0 aromatic rings. The van der Waals surface area contributed by atoms with Crippen molar-refractivity contribution in [2.24, 2.45) is 46.3 Å². The summed E-state index contributed by atoms with van der Waals surface area (Å²) in [6.45, 7) is 17.0. The van der Waals surface area contributed by atoms with Crippen LogP contribution in [0.15, 0.2) is 0 Å². The molecular formula is C34H54O8. The number of carbonyl (C=O) groups excluding carboxylic acids is 4. The van der Waals surface area contributed by atoms with Crippen molar-refractivity contribution in [3.63, 3.8) is 0 Å². The minimum Gasteiger partial charge on any atom is -0.463 e. The molecule has 0 bridgehead atoms. The number of fused-ring (bicyclic) bond motifs is 5. The fourth-order valence-electron chi connectivity index (χ4n) is 10.1. The molecule has 4 rings (SSSR count). The molecule has 4 fully saturated rings. The maximum absolute atomic E-state index is 12.6. The minimum absolute atomic E-state index is 0.0297. The monoisotopic (exact) mass is 590 g/mol. The first-order valence-corrected chi connectivity index (χ1v) is 16.2. The first kappa shape index (κ1) is 32.8. The van der Waals surface area contributed by atoms with E-state index in [0.29, 0.717) is 12.8 Å². The first-order chi connectivity index (χ1) is 19.5. The average molecular weight is 591 g/mol. The molecule has 0 amide bonds. The Morgan fingerprint density at radius 1 is 0.833 bits per heavy atom. The number of hydrogen-bond acceptors (Lipinski definition) is 8. The molecule has 0 aromatic heterocycles. The van der Waals surface area contributed by atoms with E-state index in [2.05, 4.69) is 20.8 Å². The number of ether oxygens (including phenoxy) is 4. The van der Waals surface area contributed by atoms with Crippen molar-refractivity contribution in [1.82, 2.24) is 0 Å². The highest BCUT2D eigenvalue weighted by Crippen LogP contribution is 2.69. The summed E-state index contributed by atoms with van der Waals surface area (Å²) >= 11 is 0. The maximum Gasteiger partial charge on any atom is 0.306 e. The largest absolute Gasteiger partial charge is 0.463 e. The van der Waals surface area contributed by atoms with Crippen molar-refractivity contribution in [2.45, 2.75) is 144 Å². The lowest BCUT2D eigenvalue weighted by atomic mass is 9.43. The summed E-state index contributed by atoms with van der Waals surface area (Å²) in [7, 11) is 0. The highest BCUT2D eigenvalue weighted by molar-refractivity contribution is 5.70. The van der Waals surface area contributed by atoms with Crippen LogP contribution >= 0.6 is 0 Å². The van der Waals surface area contributed by atoms with Crippen molar-refractivity contribution >= 4 is 23.9 Å². The van der Waals surface area contributed by atoms with E-state index in [4.69, 9.17) is 18.9 Å². The lowest BCUT2D eigenvalue weighted by Crippen LogP contribution is -2.63. The topological polar surface area (TPSA) is 105 Å². The Labute approximate surface area is 252 Å². The van der Waals surface area contributed by atoms with E-state index in [1.165, 1.54) is 20.8 Å². The summed E-state index contributed by atoms with van der Waals surface area (Å²) in [5.74, 6) is 0.388. The zero-order valence-corrected chi connectivity index (χ0v) is 27.3. The third kappa shape index (κ3) is 6.52. The van der Waals surface area contributed by atoms with Crippen molar-refractivity contribution in [2.75, 3.05) is 0 Å².